The fourth-order valence-electron chi connectivity index (χ4n) is 5.34. The number of rotatable bonds is 9. The summed E-state index contributed by atoms with van der Waals surface area (Å²) in [4.78, 5) is 38.8. The second kappa shape index (κ2) is 12.5. The van der Waals surface area contributed by atoms with Crippen LogP contribution in [-0.2, 0) is 20.7 Å². The molecule has 0 saturated carbocycles. The Labute approximate surface area is 229 Å². The van der Waals surface area contributed by atoms with Crippen molar-refractivity contribution in [3.63, 3.8) is 0 Å². The second-order valence-corrected chi connectivity index (χ2v) is 10.3. The van der Waals surface area contributed by atoms with Gasteiger partial charge in [-0.25, -0.2) is 4.98 Å². The average molecular weight is 534 g/mol. The van der Waals surface area contributed by atoms with Gasteiger partial charge in [0.25, 0.3) is 0 Å². The quantitative estimate of drug-likeness (QED) is 0.435. The topological polar surface area (TPSA) is 105 Å². The highest BCUT2D eigenvalue weighted by Gasteiger charge is 2.30. The zero-order valence-electron chi connectivity index (χ0n) is 23.0. The number of aryl methyl sites for hydroxylation is 1. The number of anilines is 2. The van der Waals surface area contributed by atoms with Crippen LogP contribution in [0.1, 0.15) is 38.2 Å². The smallest absolute Gasteiger partial charge is 0.225 e. The van der Waals surface area contributed by atoms with E-state index in [1.807, 2.05) is 23.0 Å². The van der Waals surface area contributed by atoms with Crippen molar-refractivity contribution in [3.8, 4) is 5.69 Å². The lowest BCUT2D eigenvalue weighted by molar-refractivity contribution is -0.143. The molecule has 0 radical (unpaired) electrons. The Morgan fingerprint density at radius 3 is 2.59 bits per heavy atom. The summed E-state index contributed by atoms with van der Waals surface area (Å²) < 4.78 is 7.43. The number of aromatic nitrogens is 3. The number of fused-ring (bicyclic) bond motifs is 1. The number of carbonyl (C=O) groups excluding carboxylic acids is 2. The Balaban J connectivity index is 1.16. The number of morpholine rings is 1. The van der Waals surface area contributed by atoms with E-state index in [1.54, 1.807) is 0 Å². The lowest BCUT2D eigenvalue weighted by atomic mass is 9.94. The molecule has 0 unspecified atom stereocenters. The van der Waals surface area contributed by atoms with Crippen molar-refractivity contribution < 1.29 is 14.3 Å². The molecule has 2 aliphatic heterocycles. The Morgan fingerprint density at radius 1 is 1.05 bits per heavy atom. The van der Waals surface area contributed by atoms with Crippen LogP contribution in [0.2, 0.25) is 0 Å². The van der Waals surface area contributed by atoms with E-state index in [4.69, 9.17) is 4.74 Å². The van der Waals surface area contributed by atoms with Gasteiger partial charge in [0.15, 0.2) is 0 Å². The molecule has 2 aromatic heterocycles. The van der Waals surface area contributed by atoms with Gasteiger partial charge >= 0.3 is 0 Å². The van der Waals surface area contributed by atoms with Crippen LogP contribution < -0.4 is 10.6 Å². The third-order valence-corrected chi connectivity index (χ3v) is 7.65. The molecular weight excluding hydrogens is 494 g/mol. The summed E-state index contributed by atoms with van der Waals surface area (Å²) in [5.41, 5.74) is 2.99. The van der Waals surface area contributed by atoms with Gasteiger partial charge in [-0.3, -0.25) is 9.59 Å². The fourth-order valence-corrected chi connectivity index (χ4v) is 5.34. The standard InChI is InChI=1S/C29H39N7O3/c1-3-11-31-27-24-6-5-23(19-25(24)32-29(30-2)33-27)36-12-8-21(20-36)4-7-26(37)34-13-9-22(10-14-34)28(38)35-15-17-39-18-16-35/h5-6,8,12,19-20,22H,3-4,7,9-11,13-18H2,1-2H3,(H2,30,31,32,33). The van der Waals surface area contributed by atoms with Gasteiger partial charge < -0.3 is 29.7 Å². The average Bonchev–Trinajstić information content (AvgIpc) is 3.47. The van der Waals surface area contributed by atoms with E-state index in [-0.39, 0.29) is 17.7 Å². The maximum atomic E-state index is 12.9. The summed E-state index contributed by atoms with van der Waals surface area (Å²) >= 11 is 0. The molecule has 2 amide bonds. The molecule has 0 aliphatic carbocycles. The first kappa shape index (κ1) is 26.9. The van der Waals surface area contributed by atoms with Crippen LogP contribution >= 0.6 is 0 Å². The van der Waals surface area contributed by atoms with Crippen molar-refractivity contribution in [2.45, 2.75) is 39.0 Å². The van der Waals surface area contributed by atoms with Gasteiger partial charge in [0.2, 0.25) is 17.8 Å². The molecule has 0 atom stereocenters. The van der Waals surface area contributed by atoms with Crippen LogP contribution in [0.5, 0.6) is 0 Å². The summed E-state index contributed by atoms with van der Waals surface area (Å²) in [6.07, 6.45) is 7.76. The minimum atomic E-state index is 0.0242. The SMILES string of the molecule is CCCNc1nc(NC)nc2cc(-n3ccc(CCC(=O)N4CCC(C(=O)N5CCOCC5)CC4)c3)ccc12. The van der Waals surface area contributed by atoms with E-state index < -0.39 is 0 Å². The number of nitrogens with one attached hydrogen (secondary N) is 2. The molecule has 2 saturated heterocycles. The zero-order chi connectivity index (χ0) is 27.2. The van der Waals surface area contributed by atoms with Gasteiger partial charge in [-0.05, 0) is 55.5 Å². The molecule has 2 fully saturated rings. The number of benzene rings is 1. The van der Waals surface area contributed by atoms with E-state index in [0.29, 0.717) is 58.2 Å². The molecule has 39 heavy (non-hydrogen) atoms. The summed E-state index contributed by atoms with van der Waals surface area (Å²) in [5, 5.41) is 7.43. The van der Waals surface area contributed by atoms with E-state index in [1.165, 1.54) is 0 Å². The number of ether oxygens (including phenoxy) is 1. The maximum absolute atomic E-state index is 12.9. The third kappa shape index (κ3) is 6.33. The van der Waals surface area contributed by atoms with Gasteiger partial charge in [-0.15, -0.1) is 0 Å². The second-order valence-electron chi connectivity index (χ2n) is 10.3. The van der Waals surface area contributed by atoms with Crippen molar-refractivity contribution in [2.75, 3.05) is 63.6 Å². The van der Waals surface area contributed by atoms with Gasteiger partial charge in [-0.2, -0.15) is 4.98 Å². The number of hydrogen-bond donors (Lipinski definition) is 2. The Kier molecular flexibility index (Phi) is 8.61. The highest BCUT2D eigenvalue weighted by Crippen LogP contribution is 2.26. The van der Waals surface area contributed by atoms with Crippen molar-refractivity contribution in [1.29, 1.82) is 0 Å². The minimum Gasteiger partial charge on any atom is -0.378 e. The molecule has 2 aliphatic rings. The van der Waals surface area contributed by atoms with Gasteiger partial charge in [0.1, 0.15) is 5.82 Å². The Morgan fingerprint density at radius 2 is 1.85 bits per heavy atom. The molecule has 4 heterocycles. The summed E-state index contributed by atoms with van der Waals surface area (Å²) in [6.45, 7) is 6.89. The first-order valence-corrected chi connectivity index (χ1v) is 14.1. The normalized spacial score (nSPS) is 16.5. The van der Waals surface area contributed by atoms with Crippen molar-refractivity contribution in [1.82, 2.24) is 24.3 Å². The largest absolute Gasteiger partial charge is 0.378 e. The van der Waals surface area contributed by atoms with Crippen LogP contribution in [0.15, 0.2) is 36.7 Å². The monoisotopic (exact) mass is 533 g/mol. The molecule has 208 valence electrons. The molecule has 3 aromatic rings. The number of nitrogens with zero attached hydrogens (tertiary/aromatic N) is 5. The van der Waals surface area contributed by atoms with E-state index in [2.05, 4.69) is 62.6 Å². The molecule has 5 rings (SSSR count). The predicted octanol–water partition coefficient (Wildman–Crippen LogP) is 3.31. The molecule has 1 aromatic carbocycles. The number of amides is 2. The third-order valence-electron chi connectivity index (χ3n) is 7.65. The number of hydrogen-bond acceptors (Lipinski definition) is 7. The first-order valence-electron chi connectivity index (χ1n) is 14.1. The van der Waals surface area contributed by atoms with Gasteiger partial charge in [0.05, 0.1) is 18.7 Å². The molecule has 2 N–H and O–H groups in total. The van der Waals surface area contributed by atoms with E-state index >= 15 is 0 Å². The highest BCUT2D eigenvalue weighted by molar-refractivity contribution is 5.91. The van der Waals surface area contributed by atoms with Crippen LogP contribution in [0.3, 0.4) is 0 Å². The van der Waals surface area contributed by atoms with Crippen LogP contribution in [-0.4, -0.2) is 89.1 Å². The van der Waals surface area contributed by atoms with Crippen LogP contribution in [0, 0.1) is 5.92 Å². The van der Waals surface area contributed by atoms with Gasteiger partial charge in [-0.1, -0.05) is 6.92 Å². The number of piperidine rings is 1. The number of likely N-dealkylation sites (tertiary alicyclic amines) is 1. The van der Waals surface area contributed by atoms with Crippen molar-refractivity contribution in [2.24, 2.45) is 5.92 Å². The van der Waals surface area contributed by atoms with Crippen molar-refractivity contribution in [3.05, 3.63) is 42.2 Å². The van der Waals surface area contributed by atoms with Crippen molar-refractivity contribution >= 4 is 34.5 Å². The van der Waals surface area contributed by atoms with Crippen LogP contribution in [0.4, 0.5) is 11.8 Å². The van der Waals surface area contributed by atoms with E-state index in [9.17, 15) is 9.59 Å². The van der Waals surface area contributed by atoms with E-state index in [0.717, 1.165) is 53.8 Å². The maximum Gasteiger partial charge on any atom is 0.225 e. The predicted molar refractivity (Wildman–Crippen MR) is 152 cm³/mol. The fraction of sp³-hybridized carbons (Fsp3) is 0.517. The summed E-state index contributed by atoms with van der Waals surface area (Å²) in [7, 11) is 1.82. The lowest BCUT2D eigenvalue weighted by Crippen LogP contribution is -2.47. The minimum absolute atomic E-state index is 0.0242. The van der Waals surface area contributed by atoms with Crippen LogP contribution in [0.25, 0.3) is 16.6 Å². The summed E-state index contributed by atoms with van der Waals surface area (Å²) in [5.74, 6) is 1.83. The Hall–Kier alpha value is -3.66. The summed E-state index contributed by atoms with van der Waals surface area (Å²) in [6, 6.07) is 8.25. The Bertz CT molecular complexity index is 1290. The molecule has 10 heteroatoms. The molecule has 0 bridgehead atoms. The zero-order valence-corrected chi connectivity index (χ0v) is 23.0. The number of carbonyl (C=O) groups is 2. The lowest BCUT2D eigenvalue weighted by Gasteiger charge is -2.35. The molecule has 0 spiro atoms. The highest BCUT2D eigenvalue weighted by atomic mass is 16.5. The molecular formula is C29H39N7O3. The van der Waals surface area contributed by atoms with Gasteiger partial charge in [0, 0.05) is 75.6 Å². The first-order chi connectivity index (χ1) is 19.1. The molecule has 10 nitrogen and oxygen atoms in total.